The van der Waals surface area contributed by atoms with E-state index in [4.69, 9.17) is 38.4 Å². The topological polar surface area (TPSA) is 138 Å². The van der Waals surface area contributed by atoms with E-state index in [0.717, 1.165) is 82.9 Å². The summed E-state index contributed by atoms with van der Waals surface area (Å²) in [5.41, 5.74) is 6.85. The van der Waals surface area contributed by atoms with Gasteiger partial charge in [-0.05, 0) is 133 Å². The third kappa shape index (κ3) is 12.0. The third-order valence-electron chi connectivity index (χ3n) is 15.2. The van der Waals surface area contributed by atoms with Crippen molar-refractivity contribution in [3.05, 3.63) is 161 Å². The van der Waals surface area contributed by atoms with Crippen LogP contribution in [-0.4, -0.2) is 84.7 Å². The largest absolute Gasteiger partial charge is 0.459 e. The highest BCUT2D eigenvalue weighted by molar-refractivity contribution is 6.03. The second-order valence-electron chi connectivity index (χ2n) is 19.9. The number of fused-ring (bicyclic) bond motifs is 3. The van der Waals surface area contributed by atoms with E-state index in [2.05, 4.69) is 69.0 Å². The van der Waals surface area contributed by atoms with Crippen LogP contribution in [0.25, 0.3) is 10.8 Å². The number of aryl methyl sites for hydroxylation is 2. The Morgan fingerprint density at radius 3 is 2.44 bits per heavy atom. The van der Waals surface area contributed by atoms with Crippen LogP contribution in [0.4, 0.5) is 4.79 Å². The second-order valence-corrected chi connectivity index (χ2v) is 19.9. The highest BCUT2D eigenvalue weighted by atomic mass is 16.8. The zero-order valence-electron chi connectivity index (χ0n) is 42.5. The number of oxime groups is 1. The molecule has 2 heterocycles. The van der Waals surface area contributed by atoms with Crippen LogP contribution in [0.1, 0.15) is 97.9 Å². The molecule has 386 valence electrons. The SMILES string of the molecule is C=CCO[C@@]12Oc3ccc(Oc4ccc(C)c(C)c4)cc3[C@H]3[C@H](CCCCO)[C@@H](CCCCO)C=C(C(=NOC4CCCCO4)C[C@@H]1N(Cc1cccc4ccccc14)C(=O)OCCOCc1ccccc1)[C@H]32. The number of unbranched alkanes of at least 4 members (excludes halogenated alkanes) is 2. The highest BCUT2D eigenvalue weighted by Crippen LogP contribution is 2.62. The molecule has 0 bridgehead atoms. The molecule has 9 rings (SSSR count). The molecule has 12 nitrogen and oxygen atoms in total. The molecule has 0 radical (unpaired) electrons. The van der Waals surface area contributed by atoms with Crippen molar-refractivity contribution in [1.29, 1.82) is 0 Å². The average Bonchev–Trinajstić information content (AvgIpc) is 3.41. The van der Waals surface area contributed by atoms with Gasteiger partial charge in [0.05, 0.1) is 44.6 Å². The van der Waals surface area contributed by atoms with Crippen molar-refractivity contribution in [3.63, 3.8) is 0 Å². The normalized spacial score (nSPS) is 23.7. The Morgan fingerprint density at radius 2 is 1.64 bits per heavy atom. The van der Waals surface area contributed by atoms with Gasteiger partial charge in [-0.15, -0.1) is 6.58 Å². The lowest BCUT2D eigenvalue weighted by molar-refractivity contribution is -0.256. The summed E-state index contributed by atoms with van der Waals surface area (Å²) in [6, 6.07) is 35.6. The molecule has 12 heteroatoms. The summed E-state index contributed by atoms with van der Waals surface area (Å²) in [6.07, 6.45) is 10.4. The zero-order valence-corrected chi connectivity index (χ0v) is 42.5. The van der Waals surface area contributed by atoms with Gasteiger partial charge in [-0.25, -0.2) is 4.79 Å². The van der Waals surface area contributed by atoms with Crippen molar-refractivity contribution >= 4 is 22.6 Å². The Morgan fingerprint density at radius 1 is 0.863 bits per heavy atom. The minimum Gasteiger partial charge on any atom is -0.459 e. The zero-order chi connectivity index (χ0) is 50.6. The summed E-state index contributed by atoms with van der Waals surface area (Å²) in [5, 5.41) is 27.4. The van der Waals surface area contributed by atoms with Crippen molar-refractivity contribution in [3.8, 4) is 17.2 Å². The molecule has 1 saturated heterocycles. The number of rotatable bonds is 23. The molecule has 4 aliphatic rings. The minimum atomic E-state index is -1.51. The number of hydrogen-bond donors (Lipinski definition) is 2. The maximum absolute atomic E-state index is 15.4. The van der Waals surface area contributed by atoms with E-state index < -0.39 is 30.1 Å². The van der Waals surface area contributed by atoms with Gasteiger partial charge >= 0.3 is 6.09 Å². The lowest BCUT2D eigenvalue weighted by atomic mass is 9.55. The number of nitrogens with zero attached hydrogens (tertiary/aromatic N) is 2. The number of carbonyl (C=O) groups is 1. The van der Waals surface area contributed by atoms with Gasteiger partial charge in [-0.3, -0.25) is 4.90 Å². The molecule has 1 unspecified atom stereocenters. The first-order valence-corrected chi connectivity index (χ1v) is 26.4. The molecule has 2 fully saturated rings. The van der Waals surface area contributed by atoms with Crippen LogP contribution < -0.4 is 9.47 Å². The Labute approximate surface area is 430 Å². The smallest absolute Gasteiger partial charge is 0.410 e. The first kappa shape index (κ1) is 51.9. The summed E-state index contributed by atoms with van der Waals surface area (Å²) in [4.78, 5) is 23.5. The van der Waals surface area contributed by atoms with Crippen LogP contribution in [0.2, 0.25) is 0 Å². The maximum atomic E-state index is 15.4. The van der Waals surface area contributed by atoms with Crippen LogP contribution in [-0.2, 0) is 36.9 Å². The van der Waals surface area contributed by atoms with Gasteiger partial charge in [0.1, 0.15) is 29.9 Å². The van der Waals surface area contributed by atoms with Gasteiger partial charge in [-0.1, -0.05) is 109 Å². The minimum absolute atomic E-state index is 0.0145. The van der Waals surface area contributed by atoms with Gasteiger partial charge in [0.15, 0.2) is 0 Å². The summed E-state index contributed by atoms with van der Waals surface area (Å²) in [6.45, 7) is 9.93. The Bertz CT molecular complexity index is 2690. The Balaban J connectivity index is 1.21. The number of ether oxygens (including phenoxy) is 6. The number of carbonyl (C=O) groups excluding carboxylic acids is 1. The average molecular weight is 993 g/mol. The van der Waals surface area contributed by atoms with Gasteiger partial charge < -0.3 is 43.5 Å². The highest BCUT2D eigenvalue weighted by Gasteiger charge is 2.66. The number of aliphatic hydroxyl groups excluding tert-OH is 2. The molecule has 5 aromatic rings. The molecule has 73 heavy (non-hydrogen) atoms. The van der Waals surface area contributed by atoms with Crippen LogP contribution >= 0.6 is 0 Å². The maximum Gasteiger partial charge on any atom is 0.410 e. The molecule has 0 spiro atoms. The van der Waals surface area contributed by atoms with E-state index in [9.17, 15) is 10.2 Å². The van der Waals surface area contributed by atoms with Crippen molar-refractivity contribution in [2.24, 2.45) is 22.9 Å². The lowest BCUT2D eigenvalue weighted by Crippen LogP contribution is -2.70. The molecule has 1 saturated carbocycles. The Kier molecular flexibility index (Phi) is 17.6. The molecule has 2 aliphatic carbocycles. The van der Waals surface area contributed by atoms with E-state index in [1.807, 2.05) is 66.7 Å². The summed E-state index contributed by atoms with van der Waals surface area (Å²) >= 11 is 0. The number of amides is 1. The fourth-order valence-corrected chi connectivity index (χ4v) is 11.5. The molecule has 2 aliphatic heterocycles. The van der Waals surface area contributed by atoms with Gasteiger partial charge in [0, 0.05) is 37.5 Å². The Hall–Kier alpha value is -6.02. The summed E-state index contributed by atoms with van der Waals surface area (Å²) < 4.78 is 39.9. The molecule has 0 aromatic heterocycles. The fraction of sp³-hybridized carbons (Fsp3) is 0.443. The fourth-order valence-electron chi connectivity index (χ4n) is 11.5. The molecule has 1 amide bonds. The summed E-state index contributed by atoms with van der Waals surface area (Å²) in [7, 11) is 0. The number of benzene rings is 5. The predicted molar refractivity (Wildman–Crippen MR) is 283 cm³/mol. The number of allylic oxidation sites excluding steroid dienone is 1. The van der Waals surface area contributed by atoms with Crippen molar-refractivity contribution in [2.75, 3.05) is 39.6 Å². The van der Waals surface area contributed by atoms with Crippen LogP contribution in [0.15, 0.2) is 139 Å². The van der Waals surface area contributed by atoms with Crippen LogP contribution in [0.3, 0.4) is 0 Å². The summed E-state index contributed by atoms with van der Waals surface area (Å²) in [5.74, 6) is -0.190. The van der Waals surface area contributed by atoms with Crippen molar-refractivity contribution in [1.82, 2.24) is 4.90 Å². The van der Waals surface area contributed by atoms with Gasteiger partial charge in [-0.2, -0.15) is 0 Å². The first-order valence-electron chi connectivity index (χ1n) is 26.4. The third-order valence-corrected chi connectivity index (χ3v) is 15.2. The predicted octanol–water partition coefficient (Wildman–Crippen LogP) is 12.3. The molecular weight excluding hydrogens is 921 g/mol. The number of hydrogen-bond acceptors (Lipinski definition) is 11. The van der Waals surface area contributed by atoms with E-state index in [1.165, 1.54) is 5.56 Å². The van der Waals surface area contributed by atoms with Crippen molar-refractivity contribution < 1.29 is 48.3 Å². The van der Waals surface area contributed by atoms with E-state index in [0.29, 0.717) is 49.7 Å². The molecule has 7 atom stereocenters. The van der Waals surface area contributed by atoms with E-state index in [1.54, 1.807) is 11.0 Å². The van der Waals surface area contributed by atoms with E-state index >= 15 is 4.79 Å². The van der Waals surface area contributed by atoms with Gasteiger partial charge in [0.25, 0.3) is 0 Å². The molecule has 5 aromatic carbocycles. The van der Waals surface area contributed by atoms with Crippen molar-refractivity contribution in [2.45, 2.75) is 115 Å². The monoisotopic (exact) mass is 993 g/mol. The number of aliphatic hydroxyl groups is 2. The molecular formula is C61H72N2O10. The van der Waals surface area contributed by atoms with Gasteiger partial charge in [0.2, 0.25) is 12.1 Å². The second kappa shape index (κ2) is 24.8. The quantitative estimate of drug-likeness (QED) is 0.0370. The van der Waals surface area contributed by atoms with Crippen LogP contribution in [0.5, 0.6) is 17.2 Å². The lowest BCUT2D eigenvalue weighted by Gasteiger charge is -2.60. The molecule has 2 N–H and O–H groups in total. The van der Waals surface area contributed by atoms with Crippen LogP contribution in [0, 0.1) is 31.6 Å². The standard InChI is InChI=1S/C61H72N2O10/c1-4-32-70-61-56(63(40-47-22-16-21-45-19-8-9-23-50(45)47)60(66)69-35-34-67-41-44-17-6-5-7-18-44)39-54(62-73-57-25-12-15-33-68-57)52-37-46(20-10-13-30-64)51(24-11-14-31-65)58(59(52)61)53-38-49(28-29-55(53)72-61)71-48-27-26-42(2)43(3)36-48/h4-9,16-19,21-23,26-29,36-38,46,51,56-59,64-65H,1,10-15,20,24-25,30-35,39-41H2,2-3H3/t46-,51+,56-,57?,58+,59+,61+/m0/s1. The van der Waals surface area contributed by atoms with E-state index in [-0.39, 0.29) is 63.8 Å². The first-order chi connectivity index (χ1) is 35.8.